The third-order valence-electron chi connectivity index (χ3n) is 7.66. The number of unbranched alkanes of at least 4 members (excludes halogenated alkanes) is 1. The molecule has 2 amide bonds. The van der Waals surface area contributed by atoms with Crippen molar-refractivity contribution in [3.8, 4) is 11.1 Å². The normalized spacial score (nSPS) is 24.1. The molecule has 0 radical (unpaired) electrons. The van der Waals surface area contributed by atoms with Gasteiger partial charge >= 0.3 is 6.03 Å². The molecule has 4 atom stereocenters. The number of nitrogens with two attached hydrogens (primary N) is 1. The fourth-order valence-corrected chi connectivity index (χ4v) is 5.68. The molecule has 2 aliphatic heterocycles. The van der Waals surface area contributed by atoms with Crippen LogP contribution in [-0.2, 0) is 10.3 Å². The second-order valence-corrected chi connectivity index (χ2v) is 10.1. The topological polar surface area (TPSA) is 99.3 Å². The van der Waals surface area contributed by atoms with Crippen LogP contribution in [0.2, 0.25) is 0 Å². The molecule has 7 nitrogen and oxygen atoms in total. The van der Waals surface area contributed by atoms with Crippen LogP contribution in [0.1, 0.15) is 37.7 Å². The van der Waals surface area contributed by atoms with Gasteiger partial charge in [-0.15, -0.1) is 0 Å². The highest BCUT2D eigenvalue weighted by molar-refractivity contribution is 5.75. The first-order valence-corrected chi connectivity index (χ1v) is 12.9. The summed E-state index contributed by atoms with van der Waals surface area (Å²) in [6, 6.07) is 13.5. The quantitative estimate of drug-likeness (QED) is 0.484. The lowest BCUT2D eigenvalue weighted by Crippen LogP contribution is -2.52. The number of methoxy groups -OCH3 is 1. The van der Waals surface area contributed by atoms with E-state index >= 15 is 0 Å². The Kier molecular flexibility index (Phi) is 8.62. The van der Waals surface area contributed by atoms with Crippen molar-refractivity contribution >= 4 is 6.03 Å². The monoisotopic (exact) mass is 499 g/mol. The largest absolute Gasteiger partial charge is 0.390 e. The van der Waals surface area contributed by atoms with Gasteiger partial charge in [0.25, 0.3) is 0 Å². The molecule has 2 aromatic carbocycles. The van der Waals surface area contributed by atoms with Crippen LogP contribution in [0.15, 0.2) is 48.5 Å². The number of benzene rings is 2. The average Bonchev–Trinajstić information content (AvgIpc) is 3.24. The molecule has 0 unspecified atom stereocenters. The molecule has 2 heterocycles. The molecule has 0 spiro atoms. The highest BCUT2D eigenvalue weighted by Crippen LogP contribution is 2.44. The minimum Gasteiger partial charge on any atom is -0.390 e. The Bertz CT molecular complexity index is 1030. The van der Waals surface area contributed by atoms with E-state index in [0.29, 0.717) is 38.2 Å². The number of ether oxygens (including phenoxy) is 1. The predicted octanol–water partition coefficient (Wildman–Crippen LogP) is 3.33. The highest BCUT2D eigenvalue weighted by Gasteiger charge is 2.43. The molecule has 0 bridgehead atoms. The number of halogens is 1. The molecule has 36 heavy (non-hydrogen) atoms. The van der Waals surface area contributed by atoms with Gasteiger partial charge in [0.05, 0.1) is 11.7 Å². The van der Waals surface area contributed by atoms with Crippen LogP contribution >= 0.6 is 0 Å². The third-order valence-corrected chi connectivity index (χ3v) is 7.66. The molecule has 0 saturated carbocycles. The van der Waals surface area contributed by atoms with Crippen LogP contribution < -0.4 is 5.73 Å². The van der Waals surface area contributed by atoms with Gasteiger partial charge in [-0.3, -0.25) is 0 Å². The van der Waals surface area contributed by atoms with Crippen LogP contribution in [0.4, 0.5) is 9.18 Å². The lowest BCUT2D eigenvalue weighted by molar-refractivity contribution is -0.0571. The molecular weight excluding hydrogens is 461 g/mol. The van der Waals surface area contributed by atoms with Crippen LogP contribution in [0, 0.1) is 11.7 Å². The van der Waals surface area contributed by atoms with Crippen molar-refractivity contribution in [2.45, 2.75) is 49.9 Å². The molecule has 8 heteroatoms. The van der Waals surface area contributed by atoms with Crippen molar-refractivity contribution in [1.29, 1.82) is 0 Å². The Morgan fingerprint density at radius 2 is 1.94 bits per heavy atom. The van der Waals surface area contributed by atoms with E-state index in [1.807, 2.05) is 30.3 Å². The lowest BCUT2D eigenvalue weighted by Gasteiger charge is -2.44. The number of aliphatic hydroxyl groups excluding tert-OH is 1. The number of hydrogen-bond donors (Lipinski definition) is 3. The van der Waals surface area contributed by atoms with Gasteiger partial charge in [-0.1, -0.05) is 36.4 Å². The summed E-state index contributed by atoms with van der Waals surface area (Å²) >= 11 is 0. The zero-order chi connectivity index (χ0) is 25.7. The van der Waals surface area contributed by atoms with Crippen LogP contribution in [0.3, 0.4) is 0 Å². The number of nitrogens with zero attached hydrogens (tertiary/aromatic N) is 2. The Balaban J connectivity index is 1.64. The summed E-state index contributed by atoms with van der Waals surface area (Å²) < 4.78 is 19.3. The smallest absolute Gasteiger partial charge is 0.320 e. The van der Waals surface area contributed by atoms with Crippen LogP contribution in [-0.4, -0.2) is 78.1 Å². The summed E-state index contributed by atoms with van der Waals surface area (Å²) in [5.74, 6) is -0.528. The van der Waals surface area contributed by atoms with Crippen molar-refractivity contribution in [2.24, 2.45) is 11.7 Å². The van der Waals surface area contributed by atoms with Gasteiger partial charge in [0.15, 0.2) is 0 Å². The summed E-state index contributed by atoms with van der Waals surface area (Å²) in [7, 11) is 1.66. The number of piperidine rings is 1. The molecular formula is C28H38FN3O4. The molecule has 2 aromatic rings. The minimum absolute atomic E-state index is 0.146. The number of hydrogen-bond acceptors (Lipinski definition) is 5. The zero-order valence-electron chi connectivity index (χ0n) is 21.0. The van der Waals surface area contributed by atoms with Gasteiger partial charge < -0.3 is 30.5 Å². The van der Waals surface area contributed by atoms with Gasteiger partial charge in [0, 0.05) is 51.9 Å². The first-order chi connectivity index (χ1) is 17.3. The van der Waals surface area contributed by atoms with Gasteiger partial charge in [0.1, 0.15) is 5.82 Å². The SMILES string of the molecule is COCCCC[C@@](O)(c1ccccc1-c1cccc(F)c1)[C@@H]1CCCN(C(=O)N2C[C@@H](N)[C@@H](O)C2)C1. The van der Waals surface area contributed by atoms with E-state index in [4.69, 9.17) is 10.5 Å². The van der Waals surface area contributed by atoms with Gasteiger partial charge in [-0.05, 0) is 60.9 Å². The Hall–Kier alpha value is -2.52. The summed E-state index contributed by atoms with van der Waals surface area (Å²) in [6.45, 7) is 2.16. The first kappa shape index (κ1) is 26.5. The van der Waals surface area contributed by atoms with E-state index in [9.17, 15) is 19.4 Å². The number of β-amino-alcohol motifs (C(OH)–C–C–N with tert-alkyl or cyclic N) is 1. The number of amides is 2. The molecule has 2 fully saturated rings. The molecule has 4 N–H and O–H groups in total. The van der Waals surface area contributed by atoms with Crippen molar-refractivity contribution in [2.75, 3.05) is 39.9 Å². The van der Waals surface area contributed by atoms with Gasteiger partial charge in [0.2, 0.25) is 0 Å². The maximum absolute atomic E-state index is 14.1. The fourth-order valence-electron chi connectivity index (χ4n) is 5.68. The summed E-state index contributed by atoms with van der Waals surface area (Å²) in [5, 5.41) is 22.5. The lowest BCUT2D eigenvalue weighted by atomic mass is 9.72. The highest BCUT2D eigenvalue weighted by atomic mass is 19.1. The molecule has 0 aliphatic carbocycles. The van der Waals surface area contributed by atoms with Crippen LogP contribution in [0.5, 0.6) is 0 Å². The zero-order valence-corrected chi connectivity index (χ0v) is 21.0. The number of carbonyl (C=O) groups is 1. The van der Waals surface area contributed by atoms with Crippen molar-refractivity contribution in [3.63, 3.8) is 0 Å². The Morgan fingerprint density at radius 1 is 1.14 bits per heavy atom. The summed E-state index contributed by atoms with van der Waals surface area (Å²) in [5.41, 5.74) is 6.98. The van der Waals surface area contributed by atoms with Crippen molar-refractivity contribution in [1.82, 2.24) is 9.80 Å². The van der Waals surface area contributed by atoms with E-state index in [2.05, 4.69) is 0 Å². The number of carbonyl (C=O) groups excluding carboxylic acids is 1. The molecule has 4 rings (SSSR count). The van der Waals surface area contributed by atoms with Gasteiger partial charge in [-0.2, -0.15) is 0 Å². The second-order valence-electron chi connectivity index (χ2n) is 10.1. The maximum Gasteiger partial charge on any atom is 0.320 e. The molecule has 196 valence electrons. The molecule has 2 aliphatic rings. The number of likely N-dealkylation sites (tertiary alicyclic amines) is 2. The van der Waals surface area contributed by atoms with E-state index in [1.54, 1.807) is 23.0 Å². The summed E-state index contributed by atoms with van der Waals surface area (Å²) in [6.07, 6.45) is 2.87. The average molecular weight is 500 g/mol. The Labute approximate surface area is 212 Å². The standard InChI is InChI=1S/C28H38FN3O4/c1-36-15-5-4-13-28(35,24-12-3-2-11-23(24)20-8-6-10-22(29)16-20)21-9-7-14-31(17-21)27(34)32-18-25(30)26(33)19-32/h2-3,6,8,10-12,16,21,25-26,33,35H,4-5,7,9,13-15,17-19,30H2,1H3/t21-,25-,26+,28+/m1/s1. The van der Waals surface area contributed by atoms with E-state index < -0.39 is 17.7 Å². The Morgan fingerprint density at radius 3 is 2.67 bits per heavy atom. The first-order valence-electron chi connectivity index (χ1n) is 12.9. The summed E-state index contributed by atoms with van der Waals surface area (Å²) in [4.78, 5) is 16.7. The van der Waals surface area contributed by atoms with E-state index in [-0.39, 0.29) is 24.3 Å². The second kappa shape index (κ2) is 11.7. The number of urea groups is 1. The predicted molar refractivity (Wildman–Crippen MR) is 137 cm³/mol. The molecule has 0 aromatic heterocycles. The van der Waals surface area contributed by atoms with E-state index in [0.717, 1.165) is 36.8 Å². The molecule has 2 saturated heterocycles. The van der Waals surface area contributed by atoms with Crippen molar-refractivity contribution < 1.29 is 24.1 Å². The number of rotatable bonds is 8. The van der Waals surface area contributed by atoms with Crippen molar-refractivity contribution in [3.05, 3.63) is 59.9 Å². The van der Waals surface area contributed by atoms with Gasteiger partial charge in [-0.25, -0.2) is 9.18 Å². The third kappa shape index (κ3) is 5.72. The minimum atomic E-state index is -1.21. The van der Waals surface area contributed by atoms with Crippen LogP contribution in [0.25, 0.3) is 11.1 Å². The fraction of sp³-hybridized carbons (Fsp3) is 0.536. The number of aliphatic hydroxyl groups is 2. The van der Waals surface area contributed by atoms with E-state index in [1.165, 1.54) is 12.1 Å². The maximum atomic E-state index is 14.1.